The fourth-order valence-corrected chi connectivity index (χ4v) is 5.65. The van der Waals surface area contributed by atoms with Crippen molar-refractivity contribution in [3.8, 4) is 5.82 Å². The molecule has 4 rings (SSSR count). The average molecular weight is 468 g/mol. The third-order valence-corrected chi connectivity index (χ3v) is 8.04. The van der Waals surface area contributed by atoms with Crippen molar-refractivity contribution in [2.75, 3.05) is 12.4 Å². The van der Waals surface area contributed by atoms with E-state index in [-0.39, 0.29) is 16.8 Å². The molecule has 1 saturated carbocycles. The lowest BCUT2D eigenvalue weighted by molar-refractivity contribution is 0.102. The fourth-order valence-electron chi connectivity index (χ4n) is 4.23. The minimum absolute atomic E-state index is 0.0386. The Bertz CT molecular complexity index is 1230. The molecule has 0 radical (unpaired) electrons. The summed E-state index contributed by atoms with van der Waals surface area (Å²) in [6.07, 6.45) is 6.63. The zero-order valence-corrected chi connectivity index (χ0v) is 20.0. The summed E-state index contributed by atoms with van der Waals surface area (Å²) in [5, 5.41) is 7.20. The minimum atomic E-state index is -3.59. The molecule has 0 unspecified atom stereocenters. The fraction of sp³-hybridized carbons (Fsp3) is 0.375. The van der Waals surface area contributed by atoms with Gasteiger partial charge in [-0.1, -0.05) is 19.3 Å². The van der Waals surface area contributed by atoms with Crippen LogP contribution in [0.5, 0.6) is 0 Å². The topological polar surface area (TPSA) is 97.2 Å². The highest BCUT2D eigenvalue weighted by molar-refractivity contribution is 7.89. The second-order valence-corrected chi connectivity index (χ2v) is 10.5. The Morgan fingerprint density at radius 1 is 1.06 bits per heavy atom. The van der Waals surface area contributed by atoms with Gasteiger partial charge in [0.1, 0.15) is 0 Å². The lowest BCUT2D eigenvalue weighted by Crippen LogP contribution is -2.38. The molecule has 0 atom stereocenters. The first-order valence-electron chi connectivity index (χ1n) is 11.1. The van der Waals surface area contributed by atoms with Gasteiger partial charge in [-0.05, 0) is 69.2 Å². The number of rotatable bonds is 6. The van der Waals surface area contributed by atoms with Crippen molar-refractivity contribution in [3.63, 3.8) is 0 Å². The van der Waals surface area contributed by atoms with Crippen molar-refractivity contribution in [3.05, 3.63) is 65.6 Å². The van der Waals surface area contributed by atoms with Crippen molar-refractivity contribution in [2.24, 2.45) is 0 Å². The lowest BCUT2D eigenvalue weighted by atomic mass is 9.96. The predicted molar refractivity (Wildman–Crippen MR) is 127 cm³/mol. The van der Waals surface area contributed by atoms with Gasteiger partial charge >= 0.3 is 0 Å². The first kappa shape index (κ1) is 23.1. The van der Waals surface area contributed by atoms with E-state index in [1.54, 1.807) is 30.1 Å². The van der Waals surface area contributed by atoms with Crippen LogP contribution in [0.3, 0.4) is 0 Å². The highest BCUT2D eigenvalue weighted by Crippen LogP contribution is 2.26. The van der Waals surface area contributed by atoms with Gasteiger partial charge in [-0.25, -0.2) is 18.1 Å². The third-order valence-electron chi connectivity index (χ3n) is 6.11. The zero-order chi connectivity index (χ0) is 23.6. The summed E-state index contributed by atoms with van der Waals surface area (Å²) in [5.74, 6) is 0.329. The molecule has 8 nitrogen and oxygen atoms in total. The minimum Gasteiger partial charge on any atom is -0.321 e. The van der Waals surface area contributed by atoms with Crippen LogP contribution in [0.15, 0.2) is 53.6 Å². The Kier molecular flexibility index (Phi) is 6.62. The van der Waals surface area contributed by atoms with Crippen LogP contribution >= 0.6 is 0 Å². The van der Waals surface area contributed by atoms with Crippen LogP contribution < -0.4 is 5.32 Å². The van der Waals surface area contributed by atoms with Crippen LogP contribution in [0.25, 0.3) is 5.82 Å². The standard InChI is InChI=1S/C24H29N5O3S/c1-17-15-18(2)29(27-17)23-14-11-20(16-25-23)26-24(30)19-9-12-22(13-10-19)33(31,32)28(3)21-7-5-4-6-8-21/h9-16,21H,4-8H2,1-3H3,(H,26,30). The van der Waals surface area contributed by atoms with Crippen molar-refractivity contribution in [2.45, 2.75) is 56.9 Å². The normalized spacial score (nSPS) is 15.0. The van der Waals surface area contributed by atoms with E-state index < -0.39 is 10.0 Å². The summed E-state index contributed by atoms with van der Waals surface area (Å²) in [7, 11) is -1.94. The summed E-state index contributed by atoms with van der Waals surface area (Å²) in [5.41, 5.74) is 2.79. The van der Waals surface area contributed by atoms with Crippen LogP contribution in [-0.2, 0) is 10.0 Å². The molecule has 1 aromatic carbocycles. The van der Waals surface area contributed by atoms with Crippen LogP contribution in [0, 0.1) is 13.8 Å². The van der Waals surface area contributed by atoms with Crippen LogP contribution in [0.4, 0.5) is 5.69 Å². The molecule has 1 fully saturated rings. The number of pyridine rings is 1. The number of hydrogen-bond acceptors (Lipinski definition) is 5. The van der Waals surface area contributed by atoms with Gasteiger partial charge in [0.25, 0.3) is 5.91 Å². The van der Waals surface area contributed by atoms with Crippen LogP contribution in [0.1, 0.15) is 53.8 Å². The Hall–Kier alpha value is -3.04. The maximum atomic E-state index is 13.0. The van der Waals surface area contributed by atoms with E-state index >= 15 is 0 Å². The molecule has 9 heteroatoms. The van der Waals surface area contributed by atoms with Gasteiger partial charge < -0.3 is 5.32 Å². The smallest absolute Gasteiger partial charge is 0.255 e. The largest absolute Gasteiger partial charge is 0.321 e. The van der Waals surface area contributed by atoms with Gasteiger partial charge in [0.15, 0.2) is 5.82 Å². The Morgan fingerprint density at radius 3 is 2.33 bits per heavy atom. The van der Waals surface area contributed by atoms with Crippen molar-refractivity contribution in [1.82, 2.24) is 19.1 Å². The summed E-state index contributed by atoms with van der Waals surface area (Å²) in [6.45, 7) is 3.87. The number of aryl methyl sites for hydroxylation is 2. The molecule has 3 aromatic rings. The molecule has 1 aliphatic rings. The van der Waals surface area contributed by atoms with E-state index in [9.17, 15) is 13.2 Å². The van der Waals surface area contributed by atoms with Gasteiger partial charge in [-0.15, -0.1) is 0 Å². The lowest BCUT2D eigenvalue weighted by Gasteiger charge is -2.30. The highest BCUT2D eigenvalue weighted by Gasteiger charge is 2.29. The predicted octanol–water partition coefficient (Wildman–Crippen LogP) is 4.09. The number of nitrogens with zero attached hydrogens (tertiary/aromatic N) is 4. The second-order valence-electron chi connectivity index (χ2n) is 8.54. The first-order chi connectivity index (χ1) is 15.8. The van der Waals surface area contributed by atoms with Gasteiger partial charge in [0, 0.05) is 24.3 Å². The quantitative estimate of drug-likeness (QED) is 0.589. The summed E-state index contributed by atoms with van der Waals surface area (Å²) in [4.78, 5) is 17.2. The number of nitrogens with one attached hydrogen (secondary N) is 1. The van der Waals surface area contributed by atoms with Crippen molar-refractivity contribution in [1.29, 1.82) is 0 Å². The number of amides is 1. The first-order valence-corrected chi connectivity index (χ1v) is 12.6. The van der Waals surface area contributed by atoms with Gasteiger partial charge in [0.2, 0.25) is 10.0 Å². The van der Waals surface area contributed by atoms with Gasteiger partial charge in [0.05, 0.1) is 22.5 Å². The number of hydrogen-bond donors (Lipinski definition) is 1. The molecule has 2 aromatic heterocycles. The molecule has 33 heavy (non-hydrogen) atoms. The molecule has 0 saturated heterocycles. The van der Waals surface area contributed by atoms with Gasteiger partial charge in [-0.2, -0.15) is 9.40 Å². The van der Waals surface area contributed by atoms with E-state index in [0.29, 0.717) is 17.1 Å². The monoisotopic (exact) mass is 467 g/mol. The van der Waals surface area contributed by atoms with Crippen molar-refractivity contribution >= 4 is 21.6 Å². The highest BCUT2D eigenvalue weighted by atomic mass is 32.2. The van der Waals surface area contributed by atoms with Gasteiger partial charge in [-0.3, -0.25) is 4.79 Å². The molecular weight excluding hydrogens is 438 g/mol. The molecule has 1 aliphatic carbocycles. The molecule has 1 N–H and O–H groups in total. The molecule has 0 bridgehead atoms. The molecule has 0 spiro atoms. The Balaban J connectivity index is 1.43. The number of aromatic nitrogens is 3. The van der Waals surface area contributed by atoms with Crippen LogP contribution in [-0.4, -0.2) is 46.5 Å². The Labute approximate surface area is 194 Å². The SMILES string of the molecule is Cc1cc(C)n(-c2ccc(NC(=O)c3ccc(S(=O)(=O)N(C)C4CCCCC4)cc3)cn2)n1. The molecule has 2 heterocycles. The van der Waals surface area contributed by atoms with E-state index in [2.05, 4.69) is 15.4 Å². The van der Waals surface area contributed by atoms with Crippen molar-refractivity contribution < 1.29 is 13.2 Å². The van der Waals surface area contributed by atoms with E-state index in [1.165, 1.54) is 28.6 Å². The molecule has 174 valence electrons. The van der Waals surface area contributed by atoms with E-state index in [4.69, 9.17) is 0 Å². The number of carbonyl (C=O) groups is 1. The second kappa shape index (κ2) is 9.44. The van der Waals surface area contributed by atoms with E-state index in [1.807, 2.05) is 19.9 Å². The van der Waals surface area contributed by atoms with E-state index in [0.717, 1.165) is 43.5 Å². The summed E-state index contributed by atoms with van der Waals surface area (Å²) < 4.78 is 29.2. The summed E-state index contributed by atoms with van der Waals surface area (Å²) >= 11 is 0. The third kappa shape index (κ3) is 4.99. The molecule has 1 amide bonds. The van der Waals surface area contributed by atoms with Crippen LogP contribution in [0.2, 0.25) is 0 Å². The summed E-state index contributed by atoms with van der Waals surface area (Å²) in [6, 6.07) is 11.6. The number of carbonyl (C=O) groups excluding carboxylic acids is 1. The maximum absolute atomic E-state index is 13.0. The zero-order valence-electron chi connectivity index (χ0n) is 19.2. The number of benzene rings is 1. The number of sulfonamides is 1. The number of anilines is 1. The Morgan fingerprint density at radius 2 is 1.76 bits per heavy atom. The molecular formula is C24H29N5O3S. The maximum Gasteiger partial charge on any atom is 0.255 e. The average Bonchev–Trinajstić information content (AvgIpc) is 3.17. The molecule has 0 aliphatic heterocycles.